The number of allylic oxidation sites excluding steroid dienone is 1. The first-order chi connectivity index (χ1) is 6.24. The highest BCUT2D eigenvalue weighted by molar-refractivity contribution is 7.80. The Morgan fingerprint density at radius 3 is 3.00 bits per heavy atom. The van der Waals surface area contributed by atoms with Gasteiger partial charge in [0, 0.05) is 6.20 Å². The van der Waals surface area contributed by atoms with Gasteiger partial charge in [-0.05, 0) is 30.7 Å². The Morgan fingerprint density at radius 1 is 1.62 bits per heavy atom. The van der Waals surface area contributed by atoms with Crippen molar-refractivity contribution in [2.75, 3.05) is 11.5 Å². The highest BCUT2D eigenvalue weighted by atomic mass is 32.1. The number of nitrogens with two attached hydrogens (primary N) is 1. The number of hydrogen-bond acceptors (Lipinski definition) is 3. The number of thiol groups is 1. The van der Waals surface area contributed by atoms with E-state index in [4.69, 9.17) is 5.73 Å². The molecule has 1 aromatic rings. The lowest BCUT2D eigenvalue weighted by Crippen LogP contribution is -1.92. The number of rotatable bonds is 3. The molecule has 70 valence electrons. The molecule has 0 unspecified atom stereocenters. The Morgan fingerprint density at radius 2 is 2.38 bits per heavy atom. The van der Waals surface area contributed by atoms with Crippen molar-refractivity contribution in [1.29, 1.82) is 0 Å². The fourth-order valence-corrected chi connectivity index (χ4v) is 1.10. The minimum absolute atomic E-state index is 0.744. The topological polar surface area (TPSA) is 38.9 Å². The highest BCUT2D eigenvalue weighted by Gasteiger charge is 1.93. The van der Waals surface area contributed by atoms with E-state index in [0.29, 0.717) is 0 Å². The Kier molecular flexibility index (Phi) is 3.83. The number of pyridine rings is 1. The monoisotopic (exact) mass is 194 g/mol. The molecule has 0 spiro atoms. The van der Waals surface area contributed by atoms with E-state index in [9.17, 15) is 0 Å². The van der Waals surface area contributed by atoms with Crippen LogP contribution < -0.4 is 5.73 Å². The van der Waals surface area contributed by atoms with Crippen LogP contribution in [0.5, 0.6) is 0 Å². The van der Waals surface area contributed by atoms with Gasteiger partial charge in [-0.3, -0.25) is 4.98 Å². The van der Waals surface area contributed by atoms with E-state index in [1.165, 1.54) is 0 Å². The molecule has 0 aliphatic rings. The van der Waals surface area contributed by atoms with Gasteiger partial charge in [0.25, 0.3) is 0 Å². The van der Waals surface area contributed by atoms with Crippen molar-refractivity contribution in [2.45, 2.75) is 13.3 Å². The first-order valence-corrected chi connectivity index (χ1v) is 4.87. The quantitative estimate of drug-likeness (QED) is 0.725. The molecule has 0 atom stereocenters. The summed E-state index contributed by atoms with van der Waals surface area (Å²) in [6.45, 7) is 1.90. The van der Waals surface area contributed by atoms with Crippen molar-refractivity contribution in [3.8, 4) is 0 Å². The summed E-state index contributed by atoms with van der Waals surface area (Å²) in [5, 5.41) is 0. The summed E-state index contributed by atoms with van der Waals surface area (Å²) in [7, 11) is 0. The van der Waals surface area contributed by atoms with E-state index >= 15 is 0 Å². The molecule has 13 heavy (non-hydrogen) atoms. The van der Waals surface area contributed by atoms with E-state index < -0.39 is 0 Å². The molecular weight excluding hydrogens is 180 g/mol. The van der Waals surface area contributed by atoms with Crippen LogP contribution in [0.25, 0.3) is 6.08 Å². The molecule has 1 heterocycles. The Balaban J connectivity index is 2.73. The maximum atomic E-state index is 5.71. The maximum Gasteiger partial charge on any atom is 0.0602 e. The molecule has 0 bridgehead atoms. The zero-order valence-electron chi connectivity index (χ0n) is 7.70. The van der Waals surface area contributed by atoms with Gasteiger partial charge in [0.15, 0.2) is 0 Å². The van der Waals surface area contributed by atoms with Gasteiger partial charge in [-0.15, -0.1) is 0 Å². The van der Waals surface area contributed by atoms with E-state index in [1.807, 2.05) is 25.3 Å². The summed E-state index contributed by atoms with van der Waals surface area (Å²) < 4.78 is 0. The van der Waals surface area contributed by atoms with Crippen molar-refractivity contribution in [3.63, 3.8) is 0 Å². The largest absolute Gasteiger partial charge is 0.397 e. The smallest absolute Gasteiger partial charge is 0.0602 e. The van der Waals surface area contributed by atoms with Gasteiger partial charge in [-0.25, -0.2) is 0 Å². The first-order valence-electron chi connectivity index (χ1n) is 4.23. The predicted molar refractivity (Wildman–Crippen MR) is 60.9 cm³/mol. The molecule has 3 heteroatoms. The molecule has 0 amide bonds. The standard InChI is InChI=1S/C10H14N2S/c1-8-10(11)6-9(7-12-8)4-2-3-5-13/h2,4,6-7,13H,3,5,11H2,1H3. The molecule has 0 fully saturated rings. The summed E-state index contributed by atoms with van der Waals surface area (Å²) in [4.78, 5) is 4.16. The number of hydrogen-bond donors (Lipinski definition) is 2. The zero-order chi connectivity index (χ0) is 9.68. The molecule has 0 aliphatic carbocycles. The lowest BCUT2D eigenvalue weighted by molar-refractivity contribution is 1.20. The van der Waals surface area contributed by atoms with Gasteiger partial charge < -0.3 is 5.73 Å². The van der Waals surface area contributed by atoms with Crippen LogP contribution in [0.4, 0.5) is 5.69 Å². The van der Waals surface area contributed by atoms with Crippen molar-refractivity contribution < 1.29 is 0 Å². The molecule has 2 nitrogen and oxygen atoms in total. The average Bonchev–Trinajstić information content (AvgIpc) is 2.12. The SMILES string of the molecule is Cc1ncc(C=CCCS)cc1N. The van der Waals surface area contributed by atoms with Crippen molar-refractivity contribution in [1.82, 2.24) is 4.98 Å². The molecular formula is C10H14N2S. The molecule has 0 saturated heterocycles. The maximum absolute atomic E-state index is 5.71. The van der Waals surface area contributed by atoms with Crippen molar-refractivity contribution in [3.05, 3.63) is 29.6 Å². The first kappa shape index (κ1) is 10.1. The highest BCUT2D eigenvalue weighted by Crippen LogP contribution is 2.11. The summed E-state index contributed by atoms with van der Waals surface area (Å²) in [5.74, 6) is 0.866. The molecule has 1 aromatic heterocycles. The van der Waals surface area contributed by atoms with Gasteiger partial charge >= 0.3 is 0 Å². The third-order valence-corrected chi connectivity index (χ3v) is 2.01. The summed E-state index contributed by atoms with van der Waals surface area (Å²) >= 11 is 4.11. The Labute approximate surface area is 84.3 Å². The van der Waals surface area contributed by atoms with Crippen LogP contribution in [0.3, 0.4) is 0 Å². The molecule has 0 aliphatic heterocycles. The van der Waals surface area contributed by atoms with Crippen LogP contribution in [0, 0.1) is 6.92 Å². The van der Waals surface area contributed by atoms with E-state index in [0.717, 1.165) is 29.1 Å². The number of anilines is 1. The van der Waals surface area contributed by atoms with Gasteiger partial charge in [0.2, 0.25) is 0 Å². The molecule has 1 rings (SSSR count). The second-order valence-electron chi connectivity index (χ2n) is 2.86. The van der Waals surface area contributed by atoms with Gasteiger partial charge in [0.05, 0.1) is 11.4 Å². The van der Waals surface area contributed by atoms with Crippen LogP contribution in [-0.4, -0.2) is 10.7 Å². The molecule has 2 N–H and O–H groups in total. The number of aryl methyl sites for hydroxylation is 1. The molecule has 0 saturated carbocycles. The minimum Gasteiger partial charge on any atom is -0.397 e. The van der Waals surface area contributed by atoms with Gasteiger partial charge in [-0.1, -0.05) is 12.2 Å². The number of nitrogen functional groups attached to an aromatic ring is 1. The van der Waals surface area contributed by atoms with Crippen LogP contribution in [-0.2, 0) is 0 Å². The zero-order valence-corrected chi connectivity index (χ0v) is 8.59. The van der Waals surface area contributed by atoms with Crippen molar-refractivity contribution >= 4 is 24.4 Å². The number of aromatic nitrogens is 1. The summed E-state index contributed by atoms with van der Waals surface area (Å²) in [6, 6.07) is 1.93. The normalized spacial score (nSPS) is 10.9. The molecule has 0 aromatic carbocycles. The third kappa shape index (κ3) is 3.11. The predicted octanol–water partition coefficient (Wildman–Crippen LogP) is 2.31. The Hall–Kier alpha value is -0.960. The lowest BCUT2D eigenvalue weighted by atomic mass is 10.2. The van der Waals surface area contributed by atoms with Crippen molar-refractivity contribution in [2.24, 2.45) is 0 Å². The second-order valence-corrected chi connectivity index (χ2v) is 3.31. The summed E-state index contributed by atoms with van der Waals surface area (Å²) in [5.41, 5.74) is 8.38. The number of nitrogens with zero attached hydrogens (tertiary/aromatic N) is 1. The fourth-order valence-electron chi connectivity index (χ4n) is 0.952. The average molecular weight is 194 g/mol. The van der Waals surface area contributed by atoms with Crippen LogP contribution >= 0.6 is 12.6 Å². The van der Waals surface area contributed by atoms with E-state index in [2.05, 4.69) is 23.7 Å². The fraction of sp³-hybridized carbons (Fsp3) is 0.300. The van der Waals surface area contributed by atoms with Gasteiger partial charge in [0.1, 0.15) is 0 Å². The van der Waals surface area contributed by atoms with Crippen LogP contribution in [0.2, 0.25) is 0 Å². The lowest BCUT2D eigenvalue weighted by Gasteiger charge is -1.99. The minimum atomic E-state index is 0.744. The summed E-state index contributed by atoms with van der Waals surface area (Å²) in [6.07, 6.45) is 6.87. The third-order valence-electron chi connectivity index (χ3n) is 1.75. The second kappa shape index (κ2) is 4.92. The van der Waals surface area contributed by atoms with Gasteiger partial charge in [-0.2, -0.15) is 12.6 Å². The Bertz CT molecular complexity index is 308. The van der Waals surface area contributed by atoms with E-state index in [1.54, 1.807) is 0 Å². The van der Waals surface area contributed by atoms with Crippen LogP contribution in [0.15, 0.2) is 18.3 Å². The van der Waals surface area contributed by atoms with E-state index in [-0.39, 0.29) is 0 Å². The van der Waals surface area contributed by atoms with Crippen LogP contribution in [0.1, 0.15) is 17.7 Å². The molecule has 0 radical (unpaired) electrons.